The quantitative estimate of drug-likeness (QED) is 0.621. The molecule has 104 valence electrons. The van der Waals surface area contributed by atoms with Crippen molar-refractivity contribution >= 4 is 17.4 Å². The Morgan fingerprint density at radius 2 is 2.42 bits per heavy atom. The van der Waals surface area contributed by atoms with Crippen LogP contribution in [-0.2, 0) is 6.42 Å². The lowest BCUT2D eigenvalue weighted by molar-refractivity contribution is 0.478. The minimum Gasteiger partial charge on any atom is -0.365 e. The molecule has 1 atom stereocenters. The summed E-state index contributed by atoms with van der Waals surface area (Å²) in [5.74, 6) is 0.826. The molecule has 1 aliphatic heterocycles. The summed E-state index contributed by atoms with van der Waals surface area (Å²) in [6.45, 7) is 5.82. The van der Waals surface area contributed by atoms with Gasteiger partial charge in [0.25, 0.3) is 0 Å². The molecule has 1 unspecified atom stereocenters. The molecule has 2 heterocycles. The highest BCUT2D eigenvalue weighted by Gasteiger charge is 2.14. The van der Waals surface area contributed by atoms with E-state index in [-0.39, 0.29) is 0 Å². The molecule has 0 aromatic carbocycles. The molecule has 1 saturated heterocycles. The average Bonchev–Trinajstić information content (AvgIpc) is 2.44. The van der Waals surface area contributed by atoms with Crippen LogP contribution in [0.15, 0.2) is 18.7 Å². The zero-order valence-electron chi connectivity index (χ0n) is 11.2. The van der Waals surface area contributed by atoms with Gasteiger partial charge in [-0.15, -0.1) is 16.8 Å². The first-order chi connectivity index (χ1) is 9.29. The topological polar surface area (TPSA) is 49.8 Å². The third-order valence-corrected chi connectivity index (χ3v) is 3.64. The van der Waals surface area contributed by atoms with Crippen molar-refractivity contribution in [2.45, 2.75) is 38.1 Å². The van der Waals surface area contributed by atoms with E-state index < -0.39 is 0 Å². The summed E-state index contributed by atoms with van der Waals surface area (Å²) >= 11 is 6.08. The molecule has 0 radical (unpaired) electrons. The van der Waals surface area contributed by atoms with Crippen LogP contribution >= 0.6 is 11.6 Å². The number of hydrogen-bond acceptors (Lipinski definition) is 4. The fourth-order valence-electron chi connectivity index (χ4n) is 2.28. The van der Waals surface area contributed by atoms with Crippen LogP contribution in [0.4, 0.5) is 5.82 Å². The van der Waals surface area contributed by atoms with E-state index in [4.69, 9.17) is 11.6 Å². The number of nitrogens with one attached hydrogen (secondary N) is 2. The monoisotopic (exact) mass is 280 g/mol. The van der Waals surface area contributed by atoms with E-state index in [1.54, 1.807) is 0 Å². The molecular formula is C14H21ClN4. The number of piperidine rings is 1. The molecule has 1 aromatic rings. The van der Waals surface area contributed by atoms with Crippen molar-refractivity contribution in [3.8, 4) is 0 Å². The van der Waals surface area contributed by atoms with E-state index in [0.717, 1.165) is 43.7 Å². The van der Waals surface area contributed by atoms with Gasteiger partial charge in [0, 0.05) is 12.6 Å². The fraction of sp³-hybridized carbons (Fsp3) is 0.571. The van der Waals surface area contributed by atoms with Gasteiger partial charge in [-0.25, -0.2) is 0 Å². The van der Waals surface area contributed by atoms with Gasteiger partial charge in [-0.2, -0.15) is 0 Å². The number of allylic oxidation sites excluding steroid dienone is 1. The zero-order valence-corrected chi connectivity index (χ0v) is 11.9. The number of hydrogen-bond donors (Lipinski definition) is 2. The molecule has 0 spiro atoms. The highest BCUT2D eigenvalue weighted by Crippen LogP contribution is 2.19. The van der Waals surface area contributed by atoms with E-state index in [0.29, 0.717) is 11.2 Å². The summed E-state index contributed by atoms with van der Waals surface area (Å²) in [5, 5.41) is 15.5. The summed E-state index contributed by atoms with van der Waals surface area (Å²) in [6, 6.07) is 2.46. The molecule has 19 heavy (non-hydrogen) atoms. The Bertz CT molecular complexity index is 416. The number of rotatable bonds is 6. The summed E-state index contributed by atoms with van der Waals surface area (Å²) in [4.78, 5) is 0. The Morgan fingerprint density at radius 3 is 3.16 bits per heavy atom. The molecule has 1 aliphatic rings. The van der Waals surface area contributed by atoms with Gasteiger partial charge < -0.3 is 10.6 Å². The highest BCUT2D eigenvalue weighted by molar-refractivity contribution is 6.30. The molecular weight excluding hydrogens is 260 g/mol. The van der Waals surface area contributed by atoms with Crippen LogP contribution in [0, 0.1) is 0 Å². The minimum atomic E-state index is 0.435. The first-order valence-electron chi connectivity index (χ1n) is 6.90. The lowest BCUT2D eigenvalue weighted by Gasteiger charge is -2.24. The normalized spacial score (nSPS) is 19.1. The van der Waals surface area contributed by atoms with E-state index in [1.165, 1.54) is 12.8 Å². The number of aryl methyl sites for hydroxylation is 1. The second kappa shape index (κ2) is 7.46. The first kappa shape index (κ1) is 14.3. The smallest absolute Gasteiger partial charge is 0.155 e. The Kier molecular flexibility index (Phi) is 5.61. The van der Waals surface area contributed by atoms with Gasteiger partial charge in [-0.1, -0.05) is 17.7 Å². The molecule has 0 aliphatic carbocycles. The highest BCUT2D eigenvalue weighted by atomic mass is 35.5. The van der Waals surface area contributed by atoms with E-state index in [9.17, 15) is 0 Å². The Morgan fingerprint density at radius 1 is 1.53 bits per heavy atom. The second-order valence-electron chi connectivity index (χ2n) is 4.91. The third kappa shape index (κ3) is 4.48. The first-order valence-corrected chi connectivity index (χ1v) is 7.27. The standard InChI is InChI=1S/C14H21ClN4/c1-2-3-4-6-11-9-13(18-19-14(11)15)17-12-7-5-8-16-10-12/h2,9,12,16H,1,3-8,10H2,(H,17,18). The number of halogens is 1. The molecule has 5 heteroatoms. The van der Waals surface area contributed by atoms with Gasteiger partial charge >= 0.3 is 0 Å². The van der Waals surface area contributed by atoms with Crippen LogP contribution in [0.1, 0.15) is 31.2 Å². The van der Waals surface area contributed by atoms with Crippen LogP contribution in [-0.4, -0.2) is 29.3 Å². The van der Waals surface area contributed by atoms with E-state index >= 15 is 0 Å². The third-order valence-electron chi connectivity index (χ3n) is 3.32. The van der Waals surface area contributed by atoms with Crippen molar-refractivity contribution in [1.82, 2.24) is 15.5 Å². The van der Waals surface area contributed by atoms with Crippen molar-refractivity contribution in [1.29, 1.82) is 0 Å². The maximum absolute atomic E-state index is 6.08. The van der Waals surface area contributed by atoms with Gasteiger partial charge in [-0.3, -0.25) is 0 Å². The Balaban J connectivity index is 1.96. The SMILES string of the molecule is C=CCCCc1cc(NC2CCCNC2)nnc1Cl. The predicted molar refractivity (Wildman–Crippen MR) is 79.7 cm³/mol. The van der Waals surface area contributed by atoms with Crippen LogP contribution in [0.25, 0.3) is 0 Å². The number of aromatic nitrogens is 2. The molecule has 0 bridgehead atoms. The van der Waals surface area contributed by atoms with Gasteiger partial charge in [0.2, 0.25) is 0 Å². The van der Waals surface area contributed by atoms with Gasteiger partial charge in [-0.05, 0) is 50.3 Å². The van der Waals surface area contributed by atoms with Gasteiger partial charge in [0.1, 0.15) is 5.82 Å². The molecule has 4 nitrogen and oxygen atoms in total. The van der Waals surface area contributed by atoms with Crippen molar-refractivity contribution in [2.24, 2.45) is 0 Å². The number of unbranched alkanes of at least 4 members (excludes halogenated alkanes) is 1. The van der Waals surface area contributed by atoms with Crippen LogP contribution in [0.3, 0.4) is 0 Å². The fourth-order valence-corrected chi connectivity index (χ4v) is 2.47. The van der Waals surface area contributed by atoms with Crippen molar-refractivity contribution in [3.63, 3.8) is 0 Å². The lowest BCUT2D eigenvalue weighted by atomic mass is 10.1. The summed E-state index contributed by atoms with van der Waals surface area (Å²) in [6.07, 6.45) is 7.24. The molecule has 2 N–H and O–H groups in total. The van der Waals surface area contributed by atoms with Crippen molar-refractivity contribution in [3.05, 3.63) is 29.4 Å². The zero-order chi connectivity index (χ0) is 13.5. The van der Waals surface area contributed by atoms with Crippen LogP contribution in [0.2, 0.25) is 5.15 Å². The predicted octanol–water partition coefficient (Wildman–Crippen LogP) is 2.80. The number of anilines is 1. The maximum Gasteiger partial charge on any atom is 0.155 e. The molecule has 0 saturated carbocycles. The van der Waals surface area contributed by atoms with Gasteiger partial charge in [0.15, 0.2) is 5.15 Å². The van der Waals surface area contributed by atoms with E-state index in [2.05, 4.69) is 27.4 Å². The molecule has 0 amide bonds. The maximum atomic E-state index is 6.08. The van der Waals surface area contributed by atoms with Crippen LogP contribution in [0.5, 0.6) is 0 Å². The van der Waals surface area contributed by atoms with Crippen LogP contribution < -0.4 is 10.6 Å². The Labute approximate surface area is 119 Å². The van der Waals surface area contributed by atoms with E-state index in [1.807, 2.05) is 12.1 Å². The van der Waals surface area contributed by atoms with Gasteiger partial charge in [0.05, 0.1) is 0 Å². The molecule has 1 fully saturated rings. The second-order valence-corrected chi connectivity index (χ2v) is 5.27. The molecule has 1 aromatic heterocycles. The largest absolute Gasteiger partial charge is 0.365 e. The summed E-state index contributed by atoms with van der Waals surface area (Å²) in [5.41, 5.74) is 1.06. The van der Waals surface area contributed by atoms with Crippen molar-refractivity contribution < 1.29 is 0 Å². The molecule has 2 rings (SSSR count). The average molecular weight is 281 g/mol. The summed E-state index contributed by atoms with van der Waals surface area (Å²) < 4.78 is 0. The van der Waals surface area contributed by atoms with Crippen molar-refractivity contribution in [2.75, 3.05) is 18.4 Å². The lowest BCUT2D eigenvalue weighted by Crippen LogP contribution is -2.38. The number of nitrogens with zero attached hydrogens (tertiary/aromatic N) is 2. The summed E-state index contributed by atoms with van der Waals surface area (Å²) in [7, 11) is 0. The minimum absolute atomic E-state index is 0.435. The Hall–Kier alpha value is -1.13.